The molecule has 3 N–H and O–H groups in total. The Morgan fingerprint density at radius 1 is 1.41 bits per heavy atom. The maximum Gasteiger partial charge on any atom is 0.254 e. The van der Waals surface area contributed by atoms with Gasteiger partial charge < -0.3 is 20.6 Å². The van der Waals surface area contributed by atoms with Crippen LogP contribution in [0.4, 0.5) is 15.9 Å². The number of primary amides is 1. The molecule has 0 radical (unpaired) electrons. The molecule has 2 aromatic rings. The third-order valence-electron chi connectivity index (χ3n) is 5.49. The second-order valence-electron chi connectivity index (χ2n) is 7.70. The molecule has 4 rings (SSSR count). The second kappa shape index (κ2) is 8.17. The van der Waals surface area contributed by atoms with Crippen molar-refractivity contribution in [1.29, 1.82) is 0 Å². The van der Waals surface area contributed by atoms with Crippen molar-refractivity contribution in [3.05, 3.63) is 47.5 Å². The number of carbonyl (C=O) groups excluding carboxylic acids is 1. The summed E-state index contributed by atoms with van der Waals surface area (Å²) in [7, 11) is 0. The summed E-state index contributed by atoms with van der Waals surface area (Å²) in [5.74, 6) is -0.365. The van der Waals surface area contributed by atoms with Crippen LogP contribution >= 0.6 is 0 Å². The van der Waals surface area contributed by atoms with Crippen molar-refractivity contribution in [1.82, 2.24) is 14.8 Å². The van der Waals surface area contributed by atoms with Crippen LogP contribution in [0.3, 0.4) is 0 Å². The van der Waals surface area contributed by atoms with E-state index in [0.29, 0.717) is 18.0 Å². The fraction of sp³-hybridized carbons (Fsp3) is 0.500. The molecular weight excluding hydrogens is 375 g/mol. The number of ether oxygens (including phenoxy) is 1. The number of nitrogens with two attached hydrogens (primary N) is 1. The number of nitrogens with zero attached hydrogens (tertiary/aromatic N) is 4. The fourth-order valence-corrected chi connectivity index (χ4v) is 3.70. The quantitative estimate of drug-likeness (QED) is 0.552. The Morgan fingerprint density at radius 2 is 2.24 bits per heavy atom. The van der Waals surface area contributed by atoms with E-state index in [-0.39, 0.29) is 29.6 Å². The zero-order chi connectivity index (χ0) is 20.4. The van der Waals surface area contributed by atoms with Crippen molar-refractivity contribution >= 4 is 17.4 Å². The summed E-state index contributed by atoms with van der Waals surface area (Å²) in [6.45, 7) is 8.40. The number of anilines is 2. The van der Waals surface area contributed by atoms with E-state index in [1.54, 1.807) is 16.9 Å². The van der Waals surface area contributed by atoms with Gasteiger partial charge in [-0.3, -0.25) is 9.48 Å². The normalized spacial score (nSPS) is 24.1. The van der Waals surface area contributed by atoms with Crippen LogP contribution in [0.15, 0.2) is 24.5 Å². The Kier molecular flexibility index (Phi) is 5.45. The first-order chi connectivity index (χ1) is 14.0. The van der Waals surface area contributed by atoms with Crippen molar-refractivity contribution in [2.75, 3.05) is 11.9 Å². The number of halogens is 1. The van der Waals surface area contributed by atoms with Gasteiger partial charge in [-0.15, -0.1) is 0 Å². The minimum atomic E-state index is -0.646. The van der Waals surface area contributed by atoms with Crippen LogP contribution in [0.25, 0.3) is 4.85 Å². The number of aromatic nitrogens is 3. The molecular formula is C20H23FN6O2. The van der Waals surface area contributed by atoms with Crippen LogP contribution in [0.2, 0.25) is 0 Å². The minimum absolute atomic E-state index is 0.0921. The molecule has 152 valence electrons. The van der Waals surface area contributed by atoms with Gasteiger partial charge in [-0.1, -0.05) is 0 Å². The highest BCUT2D eigenvalue weighted by Crippen LogP contribution is 2.36. The lowest BCUT2D eigenvalue weighted by atomic mass is 9.88. The first-order valence-corrected chi connectivity index (χ1v) is 9.79. The Morgan fingerprint density at radius 3 is 2.93 bits per heavy atom. The zero-order valence-electron chi connectivity index (χ0n) is 15.9. The predicted molar refractivity (Wildman–Crippen MR) is 104 cm³/mol. The van der Waals surface area contributed by atoms with Crippen molar-refractivity contribution in [3.63, 3.8) is 0 Å². The molecule has 2 fully saturated rings. The van der Waals surface area contributed by atoms with Gasteiger partial charge in [0, 0.05) is 30.8 Å². The molecule has 3 atom stereocenters. The summed E-state index contributed by atoms with van der Waals surface area (Å²) in [5, 5.41) is 7.39. The lowest BCUT2D eigenvalue weighted by molar-refractivity contribution is 0.0105. The van der Waals surface area contributed by atoms with Crippen molar-refractivity contribution in [3.8, 4) is 0 Å². The maximum absolute atomic E-state index is 13.4. The van der Waals surface area contributed by atoms with E-state index in [0.717, 1.165) is 19.4 Å². The van der Waals surface area contributed by atoms with Gasteiger partial charge in [-0.05, 0) is 37.7 Å². The monoisotopic (exact) mass is 398 g/mol. The smallest absolute Gasteiger partial charge is 0.254 e. The molecule has 2 aliphatic carbocycles. The van der Waals surface area contributed by atoms with Gasteiger partial charge in [0.05, 0.1) is 12.5 Å². The number of rotatable bonds is 7. The average molecular weight is 398 g/mol. The first kappa shape index (κ1) is 19.3. The number of amides is 1. The molecule has 8 nitrogen and oxygen atoms in total. The number of carbonyl (C=O) groups is 1. The van der Waals surface area contributed by atoms with Gasteiger partial charge in [0.15, 0.2) is 5.82 Å². The van der Waals surface area contributed by atoms with E-state index in [9.17, 15) is 9.18 Å². The summed E-state index contributed by atoms with van der Waals surface area (Å²) in [4.78, 5) is 19.2. The van der Waals surface area contributed by atoms with Crippen LogP contribution in [0, 0.1) is 18.4 Å². The Hall–Kier alpha value is -2.99. The first-order valence-electron chi connectivity index (χ1n) is 9.79. The molecule has 0 aliphatic heterocycles. The van der Waals surface area contributed by atoms with E-state index in [2.05, 4.69) is 20.2 Å². The topological polar surface area (TPSA) is 99.4 Å². The van der Waals surface area contributed by atoms with E-state index in [4.69, 9.17) is 17.0 Å². The Balaban J connectivity index is 1.51. The maximum atomic E-state index is 13.4. The molecule has 0 spiro atoms. The molecule has 1 amide bonds. The van der Waals surface area contributed by atoms with Crippen molar-refractivity contribution in [2.24, 2.45) is 11.7 Å². The molecule has 2 saturated carbocycles. The molecule has 0 unspecified atom stereocenters. The third kappa shape index (κ3) is 4.54. The van der Waals surface area contributed by atoms with Crippen LogP contribution in [-0.2, 0) is 4.74 Å². The summed E-state index contributed by atoms with van der Waals surface area (Å²) in [6.07, 6.45) is 7.66. The van der Waals surface area contributed by atoms with Crippen molar-refractivity contribution in [2.45, 2.75) is 50.3 Å². The van der Waals surface area contributed by atoms with E-state index < -0.39 is 11.9 Å². The standard InChI is InChI=1S/C20H23FN6O2/c1-23-16-9-14(29-11-12-2-3-12)4-5-17(16)27-10-15(19(22)28)20(26-27)25-13-6-7-24-18(21)8-13/h6-8,10,12,14,16-17H,2-5,9,11H2,(H2,22,28)(H,24,25,26)/t14-,16+,17+/m1/s1. The molecule has 2 aromatic heterocycles. The van der Waals surface area contributed by atoms with Crippen LogP contribution in [0.5, 0.6) is 0 Å². The Labute approximate surface area is 168 Å². The average Bonchev–Trinajstić information content (AvgIpc) is 3.44. The van der Waals surface area contributed by atoms with Gasteiger partial charge in [0.25, 0.3) is 5.91 Å². The highest BCUT2D eigenvalue weighted by molar-refractivity contribution is 5.98. The molecule has 29 heavy (non-hydrogen) atoms. The molecule has 2 aliphatic rings. The van der Waals surface area contributed by atoms with Gasteiger partial charge in [-0.2, -0.15) is 9.49 Å². The van der Waals surface area contributed by atoms with Gasteiger partial charge in [0.2, 0.25) is 12.0 Å². The highest BCUT2D eigenvalue weighted by Gasteiger charge is 2.38. The van der Waals surface area contributed by atoms with Gasteiger partial charge in [-0.25, -0.2) is 11.6 Å². The molecule has 9 heteroatoms. The SMILES string of the molecule is [C-]#[N+][C@H]1C[C@H](OCC2CC2)CC[C@@H]1n1cc(C(N)=O)c(Nc2ccnc(F)c2)n1. The van der Waals surface area contributed by atoms with Crippen LogP contribution in [0.1, 0.15) is 48.5 Å². The fourth-order valence-electron chi connectivity index (χ4n) is 3.70. The molecule has 0 saturated heterocycles. The van der Waals surface area contributed by atoms with Gasteiger partial charge in [0.1, 0.15) is 11.6 Å². The lowest BCUT2D eigenvalue weighted by Gasteiger charge is -2.29. The zero-order valence-corrected chi connectivity index (χ0v) is 15.9. The largest absolute Gasteiger partial charge is 0.378 e. The molecule has 0 aromatic carbocycles. The summed E-state index contributed by atoms with van der Waals surface area (Å²) in [6, 6.07) is 2.31. The second-order valence-corrected chi connectivity index (χ2v) is 7.70. The molecule has 2 heterocycles. The number of hydrogen-bond donors (Lipinski definition) is 2. The third-order valence-corrected chi connectivity index (χ3v) is 5.49. The van der Waals surface area contributed by atoms with Gasteiger partial charge >= 0.3 is 0 Å². The van der Waals surface area contributed by atoms with Crippen LogP contribution in [-0.4, -0.2) is 39.4 Å². The predicted octanol–water partition coefficient (Wildman–Crippen LogP) is 3.07. The number of nitrogens with one attached hydrogen (secondary N) is 1. The highest BCUT2D eigenvalue weighted by atomic mass is 19.1. The van der Waals surface area contributed by atoms with Crippen LogP contribution < -0.4 is 11.1 Å². The summed E-state index contributed by atoms with van der Waals surface area (Å²) < 4.78 is 21.0. The number of hydrogen-bond acceptors (Lipinski definition) is 5. The van der Waals surface area contributed by atoms with E-state index in [1.807, 2.05) is 0 Å². The number of pyridine rings is 1. The summed E-state index contributed by atoms with van der Waals surface area (Å²) >= 11 is 0. The summed E-state index contributed by atoms with van der Waals surface area (Å²) in [5.41, 5.74) is 6.10. The Bertz CT molecular complexity index is 935. The minimum Gasteiger partial charge on any atom is -0.378 e. The van der Waals surface area contributed by atoms with Crippen molar-refractivity contribution < 1.29 is 13.9 Å². The molecule has 0 bridgehead atoms. The lowest BCUT2D eigenvalue weighted by Crippen LogP contribution is -2.34. The van der Waals surface area contributed by atoms with E-state index in [1.165, 1.54) is 25.1 Å². The van der Waals surface area contributed by atoms with E-state index >= 15 is 0 Å².